The standard InChI is InChI=1S/C35H36FNO4/c36-32-18-14-28(15-19-32)9-8-27-10-12-30(13-11-27)26-41-34-6-2-1-5-31(34)22-24-37(23-4-3-7-35(39)40)33-20-16-29(25-38)17-21-33/h1-2,5-6,10-21,25H,3-4,7-9,22-24,26H2,(H,39,40). The van der Waals surface area contributed by atoms with Gasteiger partial charge in [0.1, 0.15) is 24.5 Å². The number of carbonyl (C=O) groups is 2. The molecule has 41 heavy (non-hydrogen) atoms. The highest BCUT2D eigenvalue weighted by Gasteiger charge is 2.11. The van der Waals surface area contributed by atoms with E-state index in [1.807, 2.05) is 42.5 Å². The van der Waals surface area contributed by atoms with Gasteiger partial charge in [-0.3, -0.25) is 9.59 Å². The van der Waals surface area contributed by atoms with Crippen LogP contribution in [0.4, 0.5) is 10.1 Å². The third kappa shape index (κ3) is 9.60. The van der Waals surface area contributed by atoms with Crippen LogP contribution in [-0.4, -0.2) is 30.5 Å². The van der Waals surface area contributed by atoms with Crippen LogP contribution in [0.15, 0.2) is 97.1 Å². The Bertz CT molecular complexity index is 1390. The lowest BCUT2D eigenvalue weighted by Gasteiger charge is -2.25. The van der Waals surface area contributed by atoms with Crippen molar-refractivity contribution >= 4 is 17.9 Å². The number of benzene rings is 4. The minimum absolute atomic E-state index is 0.157. The third-order valence-corrected chi connectivity index (χ3v) is 7.12. The molecule has 4 aromatic rings. The van der Waals surface area contributed by atoms with E-state index in [1.54, 1.807) is 12.1 Å². The predicted octanol–water partition coefficient (Wildman–Crippen LogP) is 7.31. The summed E-state index contributed by atoms with van der Waals surface area (Å²) in [5, 5.41) is 8.99. The summed E-state index contributed by atoms with van der Waals surface area (Å²) in [6.07, 6.45) is 4.87. The Kier molecular flexibility index (Phi) is 11.1. The minimum atomic E-state index is -0.780. The molecule has 0 aliphatic carbocycles. The number of halogens is 1. The van der Waals surface area contributed by atoms with Crippen LogP contribution in [0.5, 0.6) is 5.75 Å². The maximum absolute atomic E-state index is 13.1. The fourth-order valence-corrected chi connectivity index (χ4v) is 4.72. The SMILES string of the molecule is O=Cc1ccc(N(CCCCC(=O)O)CCc2ccccc2OCc2ccc(CCc3ccc(F)cc3)cc2)cc1. The molecule has 5 nitrogen and oxygen atoms in total. The van der Waals surface area contributed by atoms with Crippen molar-refractivity contribution in [2.75, 3.05) is 18.0 Å². The fourth-order valence-electron chi connectivity index (χ4n) is 4.72. The summed E-state index contributed by atoms with van der Waals surface area (Å²) in [5.41, 5.74) is 6.16. The van der Waals surface area contributed by atoms with Crippen LogP contribution in [-0.2, 0) is 30.7 Å². The number of anilines is 1. The van der Waals surface area contributed by atoms with E-state index in [9.17, 15) is 14.0 Å². The van der Waals surface area contributed by atoms with Crippen molar-refractivity contribution in [2.45, 2.75) is 45.1 Å². The number of carboxylic acid groups (broad SMARTS) is 1. The van der Waals surface area contributed by atoms with Crippen molar-refractivity contribution in [3.8, 4) is 5.75 Å². The number of unbranched alkanes of at least 4 members (excludes halogenated alkanes) is 1. The molecule has 6 heteroatoms. The van der Waals surface area contributed by atoms with Gasteiger partial charge in [0.2, 0.25) is 0 Å². The molecule has 4 rings (SSSR count). The van der Waals surface area contributed by atoms with Gasteiger partial charge in [-0.25, -0.2) is 4.39 Å². The molecule has 0 aliphatic heterocycles. The molecule has 0 atom stereocenters. The summed E-state index contributed by atoms with van der Waals surface area (Å²) in [6, 6.07) is 30.6. The van der Waals surface area contributed by atoms with Gasteiger partial charge in [-0.1, -0.05) is 54.6 Å². The Labute approximate surface area is 241 Å². The van der Waals surface area contributed by atoms with Crippen LogP contribution in [0.1, 0.15) is 51.9 Å². The number of ether oxygens (including phenoxy) is 1. The molecule has 4 aromatic carbocycles. The molecule has 212 valence electrons. The average molecular weight is 554 g/mol. The normalized spacial score (nSPS) is 10.8. The second kappa shape index (κ2) is 15.4. The van der Waals surface area contributed by atoms with Crippen LogP contribution in [0.2, 0.25) is 0 Å². The second-order valence-electron chi connectivity index (χ2n) is 10.1. The molecule has 0 aromatic heterocycles. The highest BCUT2D eigenvalue weighted by atomic mass is 19.1. The fraction of sp³-hybridized carbons (Fsp3) is 0.257. The summed E-state index contributed by atoms with van der Waals surface area (Å²) >= 11 is 0. The van der Waals surface area contributed by atoms with Crippen molar-refractivity contribution in [3.63, 3.8) is 0 Å². The number of aldehydes is 1. The summed E-state index contributed by atoms with van der Waals surface area (Å²) in [6.45, 7) is 1.92. The zero-order valence-electron chi connectivity index (χ0n) is 23.2. The van der Waals surface area contributed by atoms with Crippen molar-refractivity contribution in [2.24, 2.45) is 0 Å². The Morgan fingerprint density at radius 1 is 0.756 bits per heavy atom. The average Bonchev–Trinajstić information content (AvgIpc) is 3.00. The lowest BCUT2D eigenvalue weighted by Crippen LogP contribution is -2.27. The van der Waals surface area contributed by atoms with Gasteiger partial charge in [0.15, 0.2) is 0 Å². The molecule has 0 radical (unpaired) electrons. The molecule has 1 N–H and O–H groups in total. The van der Waals surface area contributed by atoms with E-state index in [0.717, 1.165) is 73.2 Å². The van der Waals surface area contributed by atoms with E-state index < -0.39 is 5.97 Å². The zero-order chi connectivity index (χ0) is 28.9. The molecule has 0 fully saturated rings. The van der Waals surface area contributed by atoms with E-state index in [1.165, 1.54) is 17.7 Å². The van der Waals surface area contributed by atoms with Gasteiger partial charge in [0.25, 0.3) is 0 Å². The third-order valence-electron chi connectivity index (χ3n) is 7.12. The monoisotopic (exact) mass is 553 g/mol. The van der Waals surface area contributed by atoms with Crippen molar-refractivity contribution < 1.29 is 23.8 Å². The van der Waals surface area contributed by atoms with Gasteiger partial charge in [-0.2, -0.15) is 0 Å². The Balaban J connectivity index is 1.33. The van der Waals surface area contributed by atoms with E-state index in [0.29, 0.717) is 18.6 Å². The first-order chi connectivity index (χ1) is 20.0. The topological polar surface area (TPSA) is 66.8 Å². The Hall–Kier alpha value is -4.45. The molecule has 0 saturated heterocycles. The second-order valence-corrected chi connectivity index (χ2v) is 10.1. The van der Waals surface area contributed by atoms with Crippen LogP contribution in [0, 0.1) is 5.82 Å². The molecule has 0 unspecified atom stereocenters. The molecule has 0 spiro atoms. The van der Waals surface area contributed by atoms with Gasteiger partial charge in [0, 0.05) is 30.8 Å². The minimum Gasteiger partial charge on any atom is -0.489 e. The van der Waals surface area contributed by atoms with E-state index in [-0.39, 0.29) is 12.2 Å². The lowest BCUT2D eigenvalue weighted by atomic mass is 10.0. The number of aryl methyl sites for hydroxylation is 2. The first-order valence-corrected chi connectivity index (χ1v) is 14.0. The van der Waals surface area contributed by atoms with Gasteiger partial charge in [0.05, 0.1) is 0 Å². The molecular formula is C35H36FNO4. The van der Waals surface area contributed by atoms with Crippen LogP contribution < -0.4 is 9.64 Å². The van der Waals surface area contributed by atoms with Gasteiger partial charge in [-0.05, 0) is 96.8 Å². The first-order valence-electron chi connectivity index (χ1n) is 14.0. The zero-order valence-corrected chi connectivity index (χ0v) is 23.2. The molecule has 0 aliphatic rings. The highest BCUT2D eigenvalue weighted by Crippen LogP contribution is 2.23. The smallest absolute Gasteiger partial charge is 0.303 e. The number of hydrogen-bond donors (Lipinski definition) is 1. The summed E-state index contributed by atoms with van der Waals surface area (Å²) in [5.74, 6) is -0.150. The number of hydrogen-bond acceptors (Lipinski definition) is 4. The van der Waals surface area contributed by atoms with Gasteiger partial charge < -0.3 is 14.7 Å². The van der Waals surface area contributed by atoms with E-state index >= 15 is 0 Å². The summed E-state index contributed by atoms with van der Waals surface area (Å²) in [7, 11) is 0. The molecular weight excluding hydrogens is 517 g/mol. The van der Waals surface area contributed by atoms with E-state index in [2.05, 4.69) is 35.2 Å². The number of carboxylic acids is 1. The van der Waals surface area contributed by atoms with Gasteiger partial charge >= 0.3 is 5.97 Å². The number of para-hydroxylation sites is 1. The van der Waals surface area contributed by atoms with Crippen molar-refractivity contribution in [1.29, 1.82) is 0 Å². The molecule has 0 saturated carbocycles. The van der Waals surface area contributed by atoms with Crippen LogP contribution in [0.3, 0.4) is 0 Å². The van der Waals surface area contributed by atoms with Crippen molar-refractivity contribution in [1.82, 2.24) is 0 Å². The van der Waals surface area contributed by atoms with Crippen LogP contribution in [0.25, 0.3) is 0 Å². The number of rotatable bonds is 16. The summed E-state index contributed by atoms with van der Waals surface area (Å²) in [4.78, 5) is 24.3. The summed E-state index contributed by atoms with van der Waals surface area (Å²) < 4.78 is 19.4. The highest BCUT2D eigenvalue weighted by molar-refractivity contribution is 5.75. The van der Waals surface area contributed by atoms with E-state index in [4.69, 9.17) is 9.84 Å². The Morgan fingerprint density at radius 3 is 2.05 bits per heavy atom. The number of carbonyl (C=O) groups excluding carboxylic acids is 1. The molecule has 0 amide bonds. The Morgan fingerprint density at radius 2 is 1.39 bits per heavy atom. The molecule has 0 heterocycles. The maximum atomic E-state index is 13.1. The number of nitrogens with zero attached hydrogens (tertiary/aromatic N) is 1. The quantitative estimate of drug-likeness (QED) is 0.116. The molecule has 0 bridgehead atoms. The van der Waals surface area contributed by atoms with Crippen molar-refractivity contribution in [3.05, 3.63) is 131 Å². The maximum Gasteiger partial charge on any atom is 0.303 e. The first kappa shape index (κ1) is 29.5. The van der Waals surface area contributed by atoms with Gasteiger partial charge in [-0.15, -0.1) is 0 Å². The lowest BCUT2D eigenvalue weighted by molar-refractivity contribution is -0.137. The van der Waals surface area contributed by atoms with Crippen LogP contribution >= 0.6 is 0 Å². The largest absolute Gasteiger partial charge is 0.489 e. The number of aliphatic carboxylic acids is 1. The predicted molar refractivity (Wildman–Crippen MR) is 160 cm³/mol.